The fourth-order valence-corrected chi connectivity index (χ4v) is 5.23. The predicted octanol–water partition coefficient (Wildman–Crippen LogP) is 2.37. The average molecular weight is 502 g/mol. The van der Waals surface area contributed by atoms with Crippen molar-refractivity contribution in [1.82, 2.24) is 14.9 Å². The second-order valence-electron chi connectivity index (χ2n) is 6.59. The highest BCUT2D eigenvalue weighted by Crippen LogP contribution is 2.25. The molecule has 2 heterocycles. The second kappa shape index (κ2) is 10.6. The van der Waals surface area contributed by atoms with E-state index in [-0.39, 0.29) is 29.8 Å². The number of benzene rings is 1. The van der Waals surface area contributed by atoms with E-state index in [0.717, 1.165) is 17.6 Å². The zero-order valence-electron chi connectivity index (χ0n) is 15.8. The van der Waals surface area contributed by atoms with Gasteiger partial charge < -0.3 is 10.1 Å². The molecule has 3 rings (SSSR count). The van der Waals surface area contributed by atoms with E-state index in [1.807, 2.05) is 11.4 Å². The summed E-state index contributed by atoms with van der Waals surface area (Å²) in [5, 5.41) is 4.98. The number of carbonyl (C=O) groups is 1. The first-order valence-corrected chi connectivity index (χ1v) is 12.5. The van der Waals surface area contributed by atoms with E-state index in [9.17, 15) is 13.2 Å². The molecule has 2 aromatic rings. The van der Waals surface area contributed by atoms with Gasteiger partial charge in [0.2, 0.25) is 15.9 Å². The van der Waals surface area contributed by atoms with Gasteiger partial charge in [0.15, 0.2) is 0 Å². The molecule has 2 N–H and O–H groups in total. The van der Waals surface area contributed by atoms with Crippen LogP contribution in [0.4, 0.5) is 0 Å². The van der Waals surface area contributed by atoms with Gasteiger partial charge in [-0.2, -0.15) is 0 Å². The lowest BCUT2D eigenvalue weighted by Gasteiger charge is -2.34. The predicted molar refractivity (Wildman–Crippen MR) is 116 cm³/mol. The van der Waals surface area contributed by atoms with Crippen molar-refractivity contribution < 1.29 is 17.9 Å². The number of ether oxygens (including phenoxy) is 1. The maximum atomic E-state index is 12.3. The van der Waals surface area contributed by atoms with E-state index in [2.05, 4.69) is 36.9 Å². The molecule has 1 aromatic heterocycles. The summed E-state index contributed by atoms with van der Waals surface area (Å²) in [5.74, 6) is -0.182. The number of halogens is 1. The summed E-state index contributed by atoms with van der Waals surface area (Å²) in [5.41, 5.74) is 0. The molecule has 7 nitrogen and oxygen atoms in total. The van der Waals surface area contributed by atoms with E-state index < -0.39 is 10.0 Å². The molecule has 0 radical (unpaired) electrons. The third-order valence-corrected chi connectivity index (χ3v) is 7.60. The molecule has 1 amide bonds. The number of hydrogen-bond acceptors (Lipinski definition) is 6. The standard InChI is InChI=1S/C19H24BrN3O4S2/c20-15-3-5-16(6-4-15)29(25,26)22-8-7-19(24)21-14-17(18-2-1-13-28-18)23-9-11-27-12-10-23/h1-6,13,17,22H,7-12,14H2,(H,21,24)/t17-/m0/s1. The van der Waals surface area contributed by atoms with Gasteiger partial charge in [0, 0.05) is 41.9 Å². The van der Waals surface area contributed by atoms with Crippen molar-refractivity contribution in [1.29, 1.82) is 0 Å². The van der Waals surface area contributed by atoms with Gasteiger partial charge in [-0.3, -0.25) is 9.69 Å². The van der Waals surface area contributed by atoms with Crippen LogP contribution in [-0.4, -0.2) is 58.6 Å². The molecule has 1 atom stereocenters. The Hall–Kier alpha value is -1.30. The molecule has 10 heteroatoms. The maximum Gasteiger partial charge on any atom is 0.240 e. The van der Waals surface area contributed by atoms with Gasteiger partial charge in [-0.15, -0.1) is 11.3 Å². The van der Waals surface area contributed by atoms with Crippen LogP contribution < -0.4 is 10.0 Å². The minimum atomic E-state index is -3.63. The topological polar surface area (TPSA) is 87.7 Å². The molecule has 0 bridgehead atoms. The Morgan fingerprint density at radius 1 is 1.21 bits per heavy atom. The third-order valence-electron chi connectivity index (χ3n) is 4.62. The summed E-state index contributed by atoms with van der Waals surface area (Å²) < 4.78 is 33.3. The maximum absolute atomic E-state index is 12.3. The molecule has 1 aromatic carbocycles. The highest BCUT2D eigenvalue weighted by Gasteiger charge is 2.24. The molecular weight excluding hydrogens is 478 g/mol. The summed E-state index contributed by atoms with van der Waals surface area (Å²) in [7, 11) is -3.63. The summed E-state index contributed by atoms with van der Waals surface area (Å²) in [6, 6.07) is 10.5. The quantitative estimate of drug-likeness (QED) is 0.550. The molecule has 0 aliphatic carbocycles. The molecule has 1 fully saturated rings. The normalized spacial score (nSPS) is 16.4. The number of rotatable bonds is 9. The zero-order chi connectivity index (χ0) is 20.7. The monoisotopic (exact) mass is 501 g/mol. The fourth-order valence-electron chi connectivity index (χ4n) is 3.07. The summed E-state index contributed by atoms with van der Waals surface area (Å²) in [4.78, 5) is 16.0. The van der Waals surface area contributed by atoms with Crippen LogP contribution in [0.2, 0.25) is 0 Å². The van der Waals surface area contributed by atoms with E-state index in [1.165, 1.54) is 17.0 Å². The van der Waals surface area contributed by atoms with Gasteiger partial charge in [0.05, 0.1) is 24.2 Å². The number of thiophene rings is 1. The van der Waals surface area contributed by atoms with Gasteiger partial charge in [-0.1, -0.05) is 22.0 Å². The van der Waals surface area contributed by atoms with Crippen molar-refractivity contribution in [2.24, 2.45) is 0 Å². The van der Waals surface area contributed by atoms with Crippen LogP contribution >= 0.6 is 27.3 Å². The highest BCUT2D eigenvalue weighted by atomic mass is 79.9. The minimum Gasteiger partial charge on any atom is -0.379 e. The van der Waals surface area contributed by atoms with Gasteiger partial charge in [-0.05, 0) is 35.7 Å². The van der Waals surface area contributed by atoms with Crippen molar-refractivity contribution in [3.63, 3.8) is 0 Å². The van der Waals surface area contributed by atoms with Crippen LogP contribution in [0.15, 0.2) is 51.1 Å². The Bertz CT molecular complexity index is 883. The Kier molecular flexibility index (Phi) is 8.22. The number of nitrogens with one attached hydrogen (secondary N) is 2. The summed E-state index contributed by atoms with van der Waals surface area (Å²) in [6.07, 6.45) is 0.0794. The Labute approximate surface area is 183 Å². The number of amides is 1. The molecule has 0 spiro atoms. The first-order chi connectivity index (χ1) is 14.0. The number of sulfonamides is 1. The van der Waals surface area contributed by atoms with Crippen molar-refractivity contribution in [2.75, 3.05) is 39.4 Å². The fraction of sp³-hybridized carbons (Fsp3) is 0.421. The molecular formula is C19H24BrN3O4S2. The first kappa shape index (κ1) is 22.4. The second-order valence-corrected chi connectivity index (χ2v) is 10.2. The lowest BCUT2D eigenvalue weighted by Crippen LogP contribution is -2.43. The van der Waals surface area contributed by atoms with E-state index in [1.54, 1.807) is 23.5 Å². The van der Waals surface area contributed by atoms with Crippen LogP contribution in [-0.2, 0) is 19.6 Å². The van der Waals surface area contributed by atoms with Crippen molar-refractivity contribution in [3.05, 3.63) is 51.1 Å². The molecule has 1 saturated heterocycles. The van der Waals surface area contributed by atoms with Gasteiger partial charge >= 0.3 is 0 Å². The largest absolute Gasteiger partial charge is 0.379 e. The average Bonchev–Trinajstić information content (AvgIpc) is 3.24. The summed E-state index contributed by atoms with van der Waals surface area (Å²) in [6.45, 7) is 3.56. The van der Waals surface area contributed by atoms with Crippen LogP contribution in [0.5, 0.6) is 0 Å². The van der Waals surface area contributed by atoms with Crippen molar-refractivity contribution in [3.8, 4) is 0 Å². The molecule has 1 aliphatic heterocycles. The van der Waals surface area contributed by atoms with Crippen molar-refractivity contribution in [2.45, 2.75) is 17.4 Å². The number of morpholine rings is 1. The van der Waals surface area contributed by atoms with E-state index in [4.69, 9.17) is 4.74 Å². The number of hydrogen-bond donors (Lipinski definition) is 2. The van der Waals surface area contributed by atoms with Crippen LogP contribution in [0.25, 0.3) is 0 Å². The molecule has 0 unspecified atom stereocenters. The van der Waals surface area contributed by atoms with Crippen molar-refractivity contribution >= 4 is 43.2 Å². The molecule has 0 saturated carbocycles. The Morgan fingerprint density at radius 3 is 2.59 bits per heavy atom. The summed E-state index contributed by atoms with van der Waals surface area (Å²) >= 11 is 4.95. The SMILES string of the molecule is O=C(CCNS(=O)(=O)c1ccc(Br)cc1)NC[C@@H](c1cccs1)N1CCOCC1. The lowest BCUT2D eigenvalue weighted by molar-refractivity contribution is -0.121. The highest BCUT2D eigenvalue weighted by molar-refractivity contribution is 9.10. The minimum absolute atomic E-state index is 0.0471. The Balaban J connectivity index is 1.48. The number of carbonyl (C=O) groups excluding carboxylic acids is 1. The smallest absolute Gasteiger partial charge is 0.240 e. The van der Waals surface area contributed by atoms with Crippen LogP contribution in [0.1, 0.15) is 17.3 Å². The van der Waals surface area contributed by atoms with Gasteiger partial charge in [0.1, 0.15) is 0 Å². The van der Waals surface area contributed by atoms with Gasteiger partial charge in [0.25, 0.3) is 0 Å². The van der Waals surface area contributed by atoms with Crippen LogP contribution in [0, 0.1) is 0 Å². The van der Waals surface area contributed by atoms with Gasteiger partial charge in [-0.25, -0.2) is 13.1 Å². The van der Waals surface area contributed by atoms with E-state index in [0.29, 0.717) is 19.8 Å². The van der Waals surface area contributed by atoms with Crippen LogP contribution in [0.3, 0.4) is 0 Å². The third kappa shape index (κ3) is 6.59. The zero-order valence-corrected chi connectivity index (χ0v) is 19.1. The number of nitrogens with zero attached hydrogens (tertiary/aromatic N) is 1. The Morgan fingerprint density at radius 2 is 1.93 bits per heavy atom. The molecule has 158 valence electrons. The molecule has 29 heavy (non-hydrogen) atoms. The van der Waals surface area contributed by atoms with E-state index >= 15 is 0 Å². The molecule has 1 aliphatic rings. The lowest BCUT2D eigenvalue weighted by atomic mass is 10.2. The first-order valence-electron chi connectivity index (χ1n) is 9.33.